The average Bonchev–Trinajstić information content (AvgIpc) is 2.45. The van der Waals surface area contributed by atoms with Crippen LogP contribution < -0.4 is 4.73 Å². The van der Waals surface area contributed by atoms with Gasteiger partial charge in [-0.15, -0.1) is 0 Å². The van der Waals surface area contributed by atoms with Gasteiger partial charge in [0.2, 0.25) is 0 Å². The molecular formula is C17H27NO2. The number of pyridine rings is 1. The van der Waals surface area contributed by atoms with E-state index in [2.05, 4.69) is 12.2 Å². The minimum Gasteiger partial charge on any atom is -0.619 e. The normalized spacial score (nSPS) is 11.2. The van der Waals surface area contributed by atoms with Gasteiger partial charge in [0.25, 0.3) is 0 Å². The van der Waals surface area contributed by atoms with Gasteiger partial charge in [-0.1, -0.05) is 37.8 Å². The lowest BCUT2D eigenvalue weighted by atomic mass is 10.1. The summed E-state index contributed by atoms with van der Waals surface area (Å²) in [6.45, 7) is 0.254. The molecule has 1 aromatic heterocycles. The molecular weight excluding hydrogens is 250 g/mol. The number of aromatic nitrogens is 1. The first-order chi connectivity index (χ1) is 9.83. The van der Waals surface area contributed by atoms with Gasteiger partial charge >= 0.3 is 0 Å². The van der Waals surface area contributed by atoms with Gasteiger partial charge in [0, 0.05) is 18.2 Å². The molecule has 0 spiro atoms. The summed E-state index contributed by atoms with van der Waals surface area (Å²) < 4.78 is 0.875. The maximum Gasteiger partial charge on any atom is 0.183 e. The highest BCUT2D eigenvalue weighted by atomic mass is 16.5. The van der Waals surface area contributed by atoms with E-state index in [1.165, 1.54) is 44.7 Å². The van der Waals surface area contributed by atoms with Crippen molar-refractivity contribution < 1.29 is 9.84 Å². The predicted molar refractivity (Wildman–Crippen MR) is 82.3 cm³/mol. The molecule has 112 valence electrons. The molecule has 0 aromatic carbocycles. The summed E-state index contributed by atoms with van der Waals surface area (Å²) in [6.07, 6.45) is 17.9. The summed E-state index contributed by atoms with van der Waals surface area (Å²) in [5.41, 5.74) is 1.14. The number of nitrogens with zero attached hydrogens (tertiary/aromatic N) is 1. The highest BCUT2D eigenvalue weighted by Crippen LogP contribution is 2.10. The number of hydrogen-bond acceptors (Lipinski definition) is 2. The topological polar surface area (TPSA) is 47.2 Å². The van der Waals surface area contributed by atoms with Gasteiger partial charge in [-0.25, -0.2) is 0 Å². The molecule has 0 radical (unpaired) electrons. The monoisotopic (exact) mass is 277 g/mol. The highest BCUT2D eigenvalue weighted by Gasteiger charge is 1.97. The second-order valence-electron chi connectivity index (χ2n) is 5.22. The van der Waals surface area contributed by atoms with Gasteiger partial charge in [-0.3, -0.25) is 0 Å². The largest absolute Gasteiger partial charge is 0.619 e. The molecule has 20 heavy (non-hydrogen) atoms. The molecule has 0 aliphatic carbocycles. The number of rotatable bonds is 11. The molecule has 0 bridgehead atoms. The van der Waals surface area contributed by atoms with Crippen molar-refractivity contribution >= 4 is 0 Å². The van der Waals surface area contributed by atoms with E-state index in [0.717, 1.165) is 29.6 Å². The van der Waals surface area contributed by atoms with E-state index in [9.17, 15) is 5.21 Å². The molecule has 3 nitrogen and oxygen atoms in total. The van der Waals surface area contributed by atoms with Crippen molar-refractivity contribution in [2.45, 2.75) is 57.8 Å². The SMILES string of the molecule is [O-][n+]1cccc(CCCCCCCC/C=C/CCO)c1. The number of allylic oxidation sites excluding steroid dienone is 1. The first-order valence-corrected chi connectivity index (χ1v) is 7.76. The smallest absolute Gasteiger partial charge is 0.183 e. The van der Waals surface area contributed by atoms with Gasteiger partial charge in [0.15, 0.2) is 12.4 Å². The molecule has 0 aliphatic heterocycles. The fourth-order valence-electron chi connectivity index (χ4n) is 2.26. The van der Waals surface area contributed by atoms with Crippen LogP contribution in [0.4, 0.5) is 0 Å². The number of aryl methyl sites for hydroxylation is 1. The highest BCUT2D eigenvalue weighted by molar-refractivity contribution is 5.05. The Morgan fingerprint density at radius 3 is 2.45 bits per heavy atom. The lowest BCUT2D eigenvalue weighted by Crippen LogP contribution is -2.24. The predicted octanol–water partition coefficient (Wildman–Crippen LogP) is 3.53. The van der Waals surface area contributed by atoms with Gasteiger partial charge in [-0.2, -0.15) is 4.73 Å². The van der Waals surface area contributed by atoms with Crippen molar-refractivity contribution in [2.75, 3.05) is 6.61 Å². The minimum absolute atomic E-state index is 0.254. The number of unbranched alkanes of at least 4 members (excludes halogenated alkanes) is 6. The van der Waals surface area contributed by atoms with Crippen molar-refractivity contribution in [3.05, 3.63) is 47.4 Å². The minimum atomic E-state index is 0.254. The van der Waals surface area contributed by atoms with Gasteiger partial charge in [0.05, 0.1) is 0 Å². The van der Waals surface area contributed by atoms with Crippen LogP contribution in [-0.4, -0.2) is 11.7 Å². The molecule has 1 heterocycles. The molecule has 0 atom stereocenters. The van der Waals surface area contributed by atoms with Crippen molar-refractivity contribution in [3.8, 4) is 0 Å². The van der Waals surface area contributed by atoms with Crippen molar-refractivity contribution in [1.82, 2.24) is 0 Å². The second-order valence-corrected chi connectivity index (χ2v) is 5.22. The molecule has 0 unspecified atom stereocenters. The van der Waals surface area contributed by atoms with Crippen LogP contribution in [-0.2, 0) is 6.42 Å². The van der Waals surface area contributed by atoms with Crippen molar-refractivity contribution in [1.29, 1.82) is 0 Å². The fraction of sp³-hybridized carbons (Fsp3) is 0.588. The van der Waals surface area contributed by atoms with Crippen LogP contribution in [0.2, 0.25) is 0 Å². The third kappa shape index (κ3) is 8.70. The molecule has 0 saturated carbocycles. The Morgan fingerprint density at radius 2 is 1.70 bits per heavy atom. The first kappa shape index (κ1) is 16.7. The molecule has 0 fully saturated rings. The van der Waals surface area contributed by atoms with E-state index in [0.29, 0.717) is 0 Å². The summed E-state index contributed by atoms with van der Waals surface area (Å²) in [6, 6.07) is 3.83. The lowest BCUT2D eigenvalue weighted by molar-refractivity contribution is -0.605. The van der Waals surface area contributed by atoms with E-state index in [-0.39, 0.29) is 6.61 Å². The van der Waals surface area contributed by atoms with Gasteiger partial charge in [0.1, 0.15) is 0 Å². The van der Waals surface area contributed by atoms with Crippen LogP contribution in [0.3, 0.4) is 0 Å². The molecule has 0 amide bonds. The van der Waals surface area contributed by atoms with Crippen LogP contribution in [0.25, 0.3) is 0 Å². The Labute approximate surface area is 122 Å². The third-order valence-corrected chi connectivity index (χ3v) is 3.39. The zero-order valence-electron chi connectivity index (χ0n) is 12.3. The van der Waals surface area contributed by atoms with E-state index in [1.54, 1.807) is 6.20 Å². The second kappa shape index (κ2) is 11.5. The van der Waals surface area contributed by atoms with Crippen LogP contribution in [0.15, 0.2) is 36.7 Å². The van der Waals surface area contributed by atoms with Crippen LogP contribution in [0.5, 0.6) is 0 Å². The van der Waals surface area contributed by atoms with E-state index >= 15 is 0 Å². The maximum absolute atomic E-state index is 11.1. The summed E-state index contributed by atoms with van der Waals surface area (Å²) in [5.74, 6) is 0. The summed E-state index contributed by atoms with van der Waals surface area (Å²) >= 11 is 0. The van der Waals surface area contributed by atoms with Crippen molar-refractivity contribution in [2.24, 2.45) is 0 Å². The quantitative estimate of drug-likeness (QED) is 0.291. The first-order valence-electron chi connectivity index (χ1n) is 7.76. The van der Waals surface area contributed by atoms with Crippen LogP contribution in [0.1, 0.15) is 56.9 Å². The van der Waals surface area contributed by atoms with Crippen LogP contribution >= 0.6 is 0 Å². The number of hydrogen-bond donors (Lipinski definition) is 1. The third-order valence-electron chi connectivity index (χ3n) is 3.39. The Hall–Kier alpha value is -1.35. The molecule has 1 rings (SSSR count). The van der Waals surface area contributed by atoms with Gasteiger partial charge < -0.3 is 10.3 Å². The Morgan fingerprint density at radius 1 is 1.00 bits per heavy atom. The zero-order chi connectivity index (χ0) is 14.5. The lowest BCUT2D eigenvalue weighted by Gasteiger charge is -2.02. The Balaban J connectivity index is 1.90. The van der Waals surface area contributed by atoms with E-state index < -0.39 is 0 Å². The molecule has 0 aliphatic rings. The summed E-state index contributed by atoms with van der Waals surface area (Å²) in [7, 11) is 0. The molecule has 1 N–H and O–H groups in total. The molecule has 1 aromatic rings. The average molecular weight is 277 g/mol. The molecule has 0 saturated heterocycles. The fourth-order valence-corrected chi connectivity index (χ4v) is 2.26. The zero-order valence-corrected chi connectivity index (χ0v) is 12.3. The van der Waals surface area contributed by atoms with Gasteiger partial charge in [-0.05, 0) is 38.2 Å². The van der Waals surface area contributed by atoms with Crippen LogP contribution in [0, 0.1) is 5.21 Å². The van der Waals surface area contributed by atoms with Crippen molar-refractivity contribution in [3.63, 3.8) is 0 Å². The van der Waals surface area contributed by atoms with E-state index in [1.807, 2.05) is 12.1 Å². The standard InChI is InChI=1S/C17H27NO2/c19-15-10-8-6-4-2-1-3-5-7-9-12-17-13-11-14-18(20)16-17/h6,8,11,13-14,16,19H,1-5,7,9-10,12,15H2/b8-6+. The maximum atomic E-state index is 11.1. The number of aliphatic hydroxyl groups excluding tert-OH is 1. The Kier molecular flexibility index (Phi) is 9.58. The summed E-state index contributed by atoms with van der Waals surface area (Å²) in [5, 5.41) is 19.7. The molecule has 3 heteroatoms. The number of aliphatic hydroxyl groups is 1. The summed E-state index contributed by atoms with van der Waals surface area (Å²) in [4.78, 5) is 0. The Bertz CT molecular complexity index is 377. The van der Waals surface area contributed by atoms with E-state index in [4.69, 9.17) is 5.11 Å².